The van der Waals surface area contributed by atoms with Gasteiger partial charge in [0.2, 0.25) is 5.91 Å². The van der Waals surface area contributed by atoms with E-state index < -0.39 is 0 Å². The van der Waals surface area contributed by atoms with E-state index in [9.17, 15) is 9.59 Å². The number of aryl methyl sites for hydroxylation is 1. The normalized spacial score (nSPS) is 23.9. The summed E-state index contributed by atoms with van der Waals surface area (Å²) in [7, 11) is 0. The van der Waals surface area contributed by atoms with Gasteiger partial charge in [-0.05, 0) is 43.4 Å². The Morgan fingerprint density at radius 2 is 2.13 bits per heavy atom. The van der Waals surface area contributed by atoms with Gasteiger partial charge in [0, 0.05) is 6.04 Å². The quantitative estimate of drug-likeness (QED) is 0.687. The van der Waals surface area contributed by atoms with Gasteiger partial charge in [-0.15, -0.1) is 0 Å². The number of anilines is 1. The van der Waals surface area contributed by atoms with Gasteiger partial charge in [0.05, 0.1) is 12.2 Å². The van der Waals surface area contributed by atoms with Crippen molar-refractivity contribution < 1.29 is 14.3 Å². The predicted molar refractivity (Wildman–Crippen MR) is 88.6 cm³/mol. The van der Waals surface area contributed by atoms with Gasteiger partial charge in [-0.3, -0.25) is 4.79 Å². The molecular weight excluding hydrogens is 292 g/mol. The van der Waals surface area contributed by atoms with Crippen LogP contribution in [0.4, 0.5) is 5.69 Å². The largest absolute Gasteiger partial charge is 0.423 e. The summed E-state index contributed by atoms with van der Waals surface area (Å²) in [5, 5.41) is 3.14. The van der Waals surface area contributed by atoms with Gasteiger partial charge in [0.25, 0.3) is 0 Å². The van der Waals surface area contributed by atoms with Crippen molar-refractivity contribution >= 4 is 17.6 Å². The third-order valence-corrected chi connectivity index (χ3v) is 4.79. The number of hydrogen-bond acceptors (Lipinski definition) is 4. The Morgan fingerprint density at radius 3 is 2.91 bits per heavy atom. The second kappa shape index (κ2) is 6.60. The number of benzene rings is 1. The van der Waals surface area contributed by atoms with Crippen molar-refractivity contribution in [3.63, 3.8) is 0 Å². The molecule has 2 unspecified atom stereocenters. The van der Waals surface area contributed by atoms with E-state index in [1.165, 1.54) is 19.3 Å². The lowest BCUT2D eigenvalue weighted by Crippen LogP contribution is -2.48. The van der Waals surface area contributed by atoms with E-state index >= 15 is 0 Å². The highest BCUT2D eigenvalue weighted by Gasteiger charge is 2.28. The lowest BCUT2D eigenvalue weighted by atomic mass is 9.86. The second-order valence-corrected chi connectivity index (χ2v) is 6.74. The molecule has 0 radical (unpaired) electrons. The summed E-state index contributed by atoms with van der Waals surface area (Å²) < 4.78 is 5.25. The Morgan fingerprint density at radius 1 is 1.35 bits per heavy atom. The summed E-state index contributed by atoms with van der Waals surface area (Å²) in [6.45, 7) is 4.48. The second-order valence-electron chi connectivity index (χ2n) is 6.74. The molecule has 1 aliphatic heterocycles. The molecule has 0 bridgehead atoms. The Kier molecular flexibility index (Phi) is 4.55. The van der Waals surface area contributed by atoms with Crippen LogP contribution in [0.15, 0.2) is 18.2 Å². The first-order chi connectivity index (χ1) is 11.0. The number of rotatable bonds is 3. The predicted octanol–water partition coefficient (Wildman–Crippen LogP) is 2.42. The standard InChI is InChI=1S/C18H24N2O3/c1-12-7-8-16-15(9-12)20(11-18(22)23-16)10-17(21)19-14-6-4-3-5-13(14)2/h7-9,13-14H,3-6,10-11H2,1-2H3,(H,19,21). The fourth-order valence-corrected chi connectivity index (χ4v) is 3.45. The third-order valence-electron chi connectivity index (χ3n) is 4.79. The highest BCUT2D eigenvalue weighted by Crippen LogP contribution is 2.32. The minimum absolute atomic E-state index is 0.0223. The molecular formula is C18H24N2O3. The maximum atomic E-state index is 12.4. The van der Waals surface area contributed by atoms with Crippen LogP contribution in [0.5, 0.6) is 5.75 Å². The summed E-state index contributed by atoms with van der Waals surface area (Å²) >= 11 is 0. The van der Waals surface area contributed by atoms with Crippen molar-refractivity contribution in [2.45, 2.75) is 45.6 Å². The first-order valence-electron chi connectivity index (χ1n) is 8.38. The highest BCUT2D eigenvalue weighted by molar-refractivity contribution is 5.89. The van der Waals surface area contributed by atoms with Crippen LogP contribution in [-0.4, -0.2) is 31.0 Å². The molecule has 23 heavy (non-hydrogen) atoms. The molecule has 5 heteroatoms. The topological polar surface area (TPSA) is 58.6 Å². The molecule has 1 saturated carbocycles. The Balaban J connectivity index is 1.69. The van der Waals surface area contributed by atoms with Crippen LogP contribution in [0.1, 0.15) is 38.2 Å². The molecule has 5 nitrogen and oxygen atoms in total. The number of hydrogen-bond donors (Lipinski definition) is 1. The summed E-state index contributed by atoms with van der Waals surface area (Å²) in [4.78, 5) is 26.0. The molecule has 124 valence electrons. The van der Waals surface area contributed by atoms with Crippen molar-refractivity contribution in [3.8, 4) is 5.75 Å². The third kappa shape index (κ3) is 3.66. The molecule has 1 fully saturated rings. The molecule has 1 heterocycles. The smallest absolute Gasteiger partial charge is 0.331 e. The number of amides is 1. The van der Waals surface area contributed by atoms with Gasteiger partial charge < -0.3 is 15.0 Å². The molecule has 1 aromatic carbocycles. The van der Waals surface area contributed by atoms with E-state index in [2.05, 4.69) is 12.2 Å². The number of fused-ring (bicyclic) bond motifs is 1. The molecule has 1 amide bonds. The first kappa shape index (κ1) is 15.8. The van der Waals surface area contributed by atoms with Gasteiger partial charge >= 0.3 is 5.97 Å². The van der Waals surface area contributed by atoms with Gasteiger partial charge in [-0.2, -0.15) is 0 Å². The summed E-state index contributed by atoms with van der Waals surface area (Å²) in [6.07, 6.45) is 4.64. The monoisotopic (exact) mass is 316 g/mol. The van der Waals surface area contributed by atoms with E-state index in [4.69, 9.17) is 4.74 Å². The Labute approximate surface area is 137 Å². The highest BCUT2D eigenvalue weighted by atomic mass is 16.5. The molecule has 0 spiro atoms. The van der Waals surface area contributed by atoms with Crippen LogP contribution in [0.2, 0.25) is 0 Å². The molecule has 2 atom stereocenters. The number of nitrogens with one attached hydrogen (secondary N) is 1. The number of carbonyl (C=O) groups is 2. The fourth-order valence-electron chi connectivity index (χ4n) is 3.45. The molecule has 2 aliphatic rings. The van der Waals surface area contributed by atoms with E-state index in [1.807, 2.05) is 19.1 Å². The van der Waals surface area contributed by atoms with Gasteiger partial charge in [0.15, 0.2) is 5.75 Å². The van der Waals surface area contributed by atoms with E-state index in [0.717, 1.165) is 17.7 Å². The number of nitrogens with zero attached hydrogens (tertiary/aromatic N) is 1. The number of ether oxygens (including phenoxy) is 1. The summed E-state index contributed by atoms with van der Waals surface area (Å²) in [5.41, 5.74) is 1.89. The molecule has 0 aromatic heterocycles. The minimum Gasteiger partial charge on any atom is -0.423 e. The van der Waals surface area contributed by atoms with Crippen LogP contribution in [0.25, 0.3) is 0 Å². The number of carbonyl (C=O) groups excluding carboxylic acids is 2. The fraction of sp³-hybridized carbons (Fsp3) is 0.556. The number of esters is 1. The van der Waals surface area contributed by atoms with E-state index in [-0.39, 0.29) is 31.0 Å². The first-order valence-corrected chi connectivity index (χ1v) is 8.38. The lowest BCUT2D eigenvalue weighted by Gasteiger charge is -2.32. The van der Waals surface area contributed by atoms with Crippen molar-refractivity contribution in [2.24, 2.45) is 5.92 Å². The van der Waals surface area contributed by atoms with E-state index in [1.54, 1.807) is 11.0 Å². The zero-order valence-corrected chi connectivity index (χ0v) is 13.8. The Bertz CT molecular complexity index is 614. The van der Waals surface area contributed by atoms with Gasteiger partial charge in [0.1, 0.15) is 6.54 Å². The van der Waals surface area contributed by atoms with Crippen molar-refractivity contribution in [2.75, 3.05) is 18.0 Å². The maximum absolute atomic E-state index is 12.4. The van der Waals surface area contributed by atoms with Crippen LogP contribution in [0, 0.1) is 12.8 Å². The van der Waals surface area contributed by atoms with Crippen molar-refractivity contribution in [3.05, 3.63) is 23.8 Å². The van der Waals surface area contributed by atoms with Crippen LogP contribution < -0.4 is 15.0 Å². The minimum atomic E-state index is -0.319. The van der Waals surface area contributed by atoms with Crippen LogP contribution in [0.3, 0.4) is 0 Å². The Hall–Kier alpha value is -2.04. The van der Waals surface area contributed by atoms with Crippen LogP contribution in [-0.2, 0) is 9.59 Å². The average molecular weight is 316 g/mol. The average Bonchev–Trinajstić information content (AvgIpc) is 2.50. The molecule has 3 rings (SSSR count). The lowest BCUT2D eigenvalue weighted by molar-refractivity contribution is -0.133. The van der Waals surface area contributed by atoms with Crippen LogP contribution >= 0.6 is 0 Å². The van der Waals surface area contributed by atoms with E-state index in [0.29, 0.717) is 11.7 Å². The summed E-state index contributed by atoms with van der Waals surface area (Å²) in [5.74, 6) is 0.713. The molecule has 1 aromatic rings. The molecule has 0 saturated heterocycles. The van der Waals surface area contributed by atoms with Crippen molar-refractivity contribution in [1.29, 1.82) is 0 Å². The maximum Gasteiger partial charge on any atom is 0.331 e. The van der Waals surface area contributed by atoms with Gasteiger partial charge in [-0.1, -0.05) is 25.8 Å². The van der Waals surface area contributed by atoms with Crippen molar-refractivity contribution in [1.82, 2.24) is 5.32 Å². The molecule has 1 aliphatic carbocycles. The SMILES string of the molecule is Cc1ccc2c(c1)N(CC(=O)NC1CCCCC1C)CC(=O)O2. The van der Waals surface area contributed by atoms with Gasteiger partial charge in [-0.25, -0.2) is 4.79 Å². The molecule has 1 N–H and O–H groups in total. The zero-order valence-electron chi connectivity index (χ0n) is 13.8. The zero-order chi connectivity index (χ0) is 16.4. The summed E-state index contributed by atoms with van der Waals surface area (Å²) in [6, 6.07) is 5.90.